The lowest BCUT2D eigenvalue weighted by Crippen LogP contribution is -2.39. The van der Waals surface area contributed by atoms with E-state index in [-0.39, 0.29) is 18.4 Å². The van der Waals surface area contributed by atoms with Gasteiger partial charge >= 0.3 is 0 Å². The Hall–Kier alpha value is -2.89. The van der Waals surface area contributed by atoms with E-state index in [9.17, 15) is 9.59 Å². The van der Waals surface area contributed by atoms with Gasteiger partial charge in [0.05, 0.1) is 6.61 Å². The lowest BCUT2D eigenvalue weighted by atomic mass is 10.2. The maximum absolute atomic E-state index is 12.1. The molecule has 2 amide bonds. The van der Waals surface area contributed by atoms with Gasteiger partial charge in [0, 0.05) is 31.5 Å². The SMILES string of the molecule is CCOc1ccc(N(CC(=O)NCc2cccnc2)C(C)=O)cc1. The van der Waals surface area contributed by atoms with E-state index in [1.807, 2.05) is 19.1 Å². The Morgan fingerprint density at radius 2 is 1.96 bits per heavy atom. The molecule has 1 aromatic heterocycles. The van der Waals surface area contributed by atoms with Crippen LogP contribution in [0.3, 0.4) is 0 Å². The molecule has 6 heteroatoms. The van der Waals surface area contributed by atoms with Crippen molar-refractivity contribution in [3.05, 3.63) is 54.4 Å². The smallest absolute Gasteiger partial charge is 0.240 e. The first-order valence-corrected chi connectivity index (χ1v) is 7.76. The van der Waals surface area contributed by atoms with Gasteiger partial charge in [0.15, 0.2) is 0 Å². The van der Waals surface area contributed by atoms with E-state index in [2.05, 4.69) is 10.3 Å². The molecule has 0 bridgehead atoms. The first kappa shape index (κ1) is 17.5. The molecule has 0 saturated heterocycles. The minimum absolute atomic E-state index is 0.0381. The number of ether oxygens (including phenoxy) is 1. The summed E-state index contributed by atoms with van der Waals surface area (Å²) in [6, 6.07) is 10.8. The number of rotatable bonds is 7. The monoisotopic (exact) mass is 327 g/mol. The number of carbonyl (C=O) groups excluding carboxylic acids is 2. The Morgan fingerprint density at radius 1 is 1.21 bits per heavy atom. The lowest BCUT2D eigenvalue weighted by Gasteiger charge is -2.21. The van der Waals surface area contributed by atoms with Crippen LogP contribution in [-0.4, -0.2) is 29.9 Å². The average molecular weight is 327 g/mol. The molecule has 0 aliphatic heterocycles. The Labute approximate surface area is 141 Å². The minimum atomic E-state index is -0.233. The van der Waals surface area contributed by atoms with Gasteiger partial charge in [-0.2, -0.15) is 0 Å². The van der Waals surface area contributed by atoms with E-state index in [0.29, 0.717) is 18.8 Å². The number of benzene rings is 1. The molecular formula is C18H21N3O3. The highest BCUT2D eigenvalue weighted by molar-refractivity contribution is 5.97. The van der Waals surface area contributed by atoms with Gasteiger partial charge in [-0.1, -0.05) is 6.07 Å². The predicted molar refractivity (Wildman–Crippen MR) is 91.7 cm³/mol. The second-order valence-electron chi connectivity index (χ2n) is 5.17. The van der Waals surface area contributed by atoms with Gasteiger partial charge in [0.2, 0.25) is 11.8 Å². The Kier molecular flexibility index (Phi) is 6.31. The Balaban J connectivity index is 1.97. The molecule has 6 nitrogen and oxygen atoms in total. The van der Waals surface area contributed by atoms with Crippen LogP contribution in [0.1, 0.15) is 19.4 Å². The summed E-state index contributed by atoms with van der Waals surface area (Å²) in [5.74, 6) is 0.296. The van der Waals surface area contributed by atoms with Crippen molar-refractivity contribution in [3.63, 3.8) is 0 Å². The summed E-state index contributed by atoms with van der Waals surface area (Å²) in [6.45, 7) is 4.25. The Bertz CT molecular complexity index is 672. The molecule has 2 aromatic rings. The zero-order chi connectivity index (χ0) is 17.4. The van der Waals surface area contributed by atoms with E-state index in [1.54, 1.807) is 36.7 Å². The fraction of sp³-hybridized carbons (Fsp3) is 0.278. The van der Waals surface area contributed by atoms with E-state index in [4.69, 9.17) is 4.74 Å². The highest BCUT2D eigenvalue weighted by atomic mass is 16.5. The van der Waals surface area contributed by atoms with Crippen molar-refractivity contribution in [2.45, 2.75) is 20.4 Å². The summed E-state index contributed by atoms with van der Waals surface area (Å²) in [5.41, 5.74) is 1.56. The first-order valence-electron chi connectivity index (χ1n) is 7.76. The number of nitrogens with one attached hydrogen (secondary N) is 1. The van der Waals surface area contributed by atoms with Gasteiger partial charge in [-0.25, -0.2) is 0 Å². The first-order chi connectivity index (χ1) is 11.6. The number of carbonyl (C=O) groups is 2. The van der Waals surface area contributed by atoms with Crippen LogP contribution in [0.4, 0.5) is 5.69 Å². The molecule has 0 unspecified atom stereocenters. The largest absolute Gasteiger partial charge is 0.494 e. The summed E-state index contributed by atoms with van der Waals surface area (Å²) in [4.78, 5) is 29.4. The van der Waals surface area contributed by atoms with Crippen LogP contribution in [0.2, 0.25) is 0 Å². The third-order valence-electron chi connectivity index (χ3n) is 3.35. The molecule has 0 fully saturated rings. The number of anilines is 1. The molecule has 126 valence electrons. The lowest BCUT2D eigenvalue weighted by molar-refractivity contribution is -0.123. The fourth-order valence-electron chi connectivity index (χ4n) is 2.18. The third-order valence-corrected chi connectivity index (χ3v) is 3.35. The number of hydrogen-bond donors (Lipinski definition) is 1. The molecule has 0 radical (unpaired) electrons. The van der Waals surface area contributed by atoms with Crippen LogP contribution in [0, 0.1) is 0 Å². The minimum Gasteiger partial charge on any atom is -0.494 e. The molecule has 0 spiro atoms. The van der Waals surface area contributed by atoms with Gasteiger partial charge in [0.1, 0.15) is 12.3 Å². The van der Waals surface area contributed by atoms with Crippen molar-refractivity contribution in [1.82, 2.24) is 10.3 Å². The standard InChI is InChI=1S/C18H21N3O3/c1-3-24-17-8-6-16(7-9-17)21(14(2)22)13-18(23)20-12-15-5-4-10-19-11-15/h4-11H,3,12-13H2,1-2H3,(H,20,23). The molecule has 1 N–H and O–H groups in total. The van der Waals surface area contributed by atoms with E-state index in [0.717, 1.165) is 11.3 Å². The molecule has 1 aromatic carbocycles. The molecule has 0 aliphatic rings. The average Bonchev–Trinajstić information content (AvgIpc) is 2.60. The molecule has 0 atom stereocenters. The number of aromatic nitrogens is 1. The second kappa shape index (κ2) is 8.67. The fourth-order valence-corrected chi connectivity index (χ4v) is 2.18. The van der Waals surface area contributed by atoms with E-state index < -0.39 is 0 Å². The maximum atomic E-state index is 12.1. The highest BCUT2D eigenvalue weighted by Gasteiger charge is 2.15. The zero-order valence-corrected chi connectivity index (χ0v) is 13.9. The summed E-state index contributed by atoms with van der Waals surface area (Å²) < 4.78 is 5.38. The number of pyridine rings is 1. The molecule has 24 heavy (non-hydrogen) atoms. The third kappa shape index (κ3) is 5.08. The quantitative estimate of drug-likeness (QED) is 0.846. The van der Waals surface area contributed by atoms with Crippen molar-refractivity contribution in [2.75, 3.05) is 18.1 Å². The van der Waals surface area contributed by atoms with Gasteiger partial charge < -0.3 is 15.0 Å². The van der Waals surface area contributed by atoms with Crippen LogP contribution < -0.4 is 15.0 Å². The van der Waals surface area contributed by atoms with Crippen molar-refractivity contribution in [2.24, 2.45) is 0 Å². The normalized spacial score (nSPS) is 10.1. The molecule has 1 heterocycles. The van der Waals surface area contributed by atoms with Crippen LogP contribution in [-0.2, 0) is 16.1 Å². The second-order valence-corrected chi connectivity index (χ2v) is 5.17. The van der Waals surface area contributed by atoms with Crippen molar-refractivity contribution < 1.29 is 14.3 Å². The maximum Gasteiger partial charge on any atom is 0.240 e. The topological polar surface area (TPSA) is 71.5 Å². The summed E-state index contributed by atoms with van der Waals surface area (Å²) in [5, 5.41) is 2.79. The number of amides is 2. The highest BCUT2D eigenvalue weighted by Crippen LogP contribution is 2.19. The molecule has 2 rings (SSSR count). The van der Waals surface area contributed by atoms with Crippen LogP contribution in [0.15, 0.2) is 48.8 Å². The van der Waals surface area contributed by atoms with Gasteiger partial charge in [-0.3, -0.25) is 14.6 Å². The molecule has 0 saturated carbocycles. The van der Waals surface area contributed by atoms with Crippen molar-refractivity contribution in [1.29, 1.82) is 0 Å². The van der Waals surface area contributed by atoms with Crippen molar-refractivity contribution >= 4 is 17.5 Å². The van der Waals surface area contributed by atoms with Gasteiger partial charge in [-0.05, 0) is 42.8 Å². The van der Waals surface area contributed by atoms with E-state index in [1.165, 1.54) is 11.8 Å². The van der Waals surface area contributed by atoms with Gasteiger partial charge in [-0.15, -0.1) is 0 Å². The van der Waals surface area contributed by atoms with Crippen LogP contribution in [0.5, 0.6) is 5.75 Å². The van der Waals surface area contributed by atoms with Gasteiger partial charge in [0.25, 0.3) is 0 Å². The summed E-state index contributed by atoms with van der Waals surface area (Å²) in [7, 11) is 0. The van der Waals surface area contributed by atoms with E-state index >= 15 is 0 Å². The van der Waals surface area contributed by atoms with Crippen LogP contribution in [0.25, 0.3) is 0 Å². The summed E-state index contributed by atoms with van der Waals surface area (Å²) in [6.07, 6.45) is 3.37. The molecule has 0 aliphatic carbocycles. The van der Waals surface area contributed by atoms with Crippen molar-refractivity contribution in [3.8, 4) is 5.75 Å². The molecular weight excluding hydrogens is 306 g/mol. The zero-order valence-electron chi connectivity index (χ0n) is 13.9. The number of hydrogen-bond acceptors (Lipinski definition) is 4. The number of nitrogens with zero attached hydrogens (tertiary/aromatic N) is 2. The Morgan fingerprint density at radius 3 is 2.54 bits per heavy atom. The van der Waals surface area contributed by atoms with Crippen LogP contribution >= 0.6 is 0 Å². The predicted octanol–water partition coefficient (Wildman–Crippen LogP) is 2.15. The summed E-state index contributed by atoms with van der Waals surface area (Å²) >= 11 is 0.